The van der Waals surface area contributed by atoms with Crippen LogP contribution in [0.2, 0.25) is 0 Å². The van der Waals surface area contributed by atoms with Crippen LogP contribution in [-0.2, 0) is 13.1 Å². The van der Waals surface area contributed by atoms with Crippen LogP contribution in [0.3, 0.4) is 0 Å². The minimum Gasteiger partial charge on any atom is -0.348 e. The molecule has 0 unspecified atom stereocenters. The van der Waals surface area contributed by atoms with Crippen LogP contribution in [0, 0.1) is 22.6 Å². The van der Waals surface area contributed by atoms with Crippen LogP contribution in [0.15, 0.2) is 42.5 Å². The number of nitriles is 1. The second-order valence-electron chi connectivity index (χ2n) is 4.81. The molecule has 0 bridgehead atoms. The topological polar surface area (TPSA) is 50.9 Å². The molecule has 1 aliphatic rings. The second kappa shape index (κ2) is 4.78. The molecule has 0 atom stereocenters. The van der Waals surface area contributed by atoms with Crippen LogP contribution in [0.5, 0.6) is 0 Å². The highest BCUT2D eigenvalue weighted by Gasteiger charge is 2.24. The van der Waals surface area contributed by atoms with Crippen molar-refractivity contribution in [2.45, 2.75) is 13.1 Å². The fourth-order valence-electron chi connectivity index (χ4n) is 2.40. The molecule has 3 nitrogen and oxygen atoms in total. The van der Waals surface area contributed by atoms with Gasteiger partial charge in [0.2, 0.25) is 0 Å². The Labute approximate surface area is 116 Å². The lowest BCUT2D eigenvalue weighted by molar-refractivity contribution is 0.422. The highest BCUT2D eigenvalue weighted by atomic mass is 19.1. The van der Waals surface area contributed by atoms with Crippen LogP contribution in [-0.4, -0.2) is 10.7 Å². The molecule has 0 spiro atoms. The quantitative estimate of drug-likeness (QED) is 0.907. The minimum atomic E-state index is -0.311. The molecule has 0 fully saturated rings. The molecule has 98 valence electrons. The smallest absolute Gasteiger partial charge is 0.129 e. The summed E-state index contributed by atoms with van der Waals surface area (Å²) in [4.78, 5) is 1.89. The van der Waals surface area contributed by atoms with Gasteiger partial charge in [-0.2, -0.15) is 5.26 Å². The molecule has 0 saturated heterocycles. The van der Waals surface area contributed by atoms with Crippen molar-refractivity contribution in [3.05, 3.63) is 70.5 Å². The van der Waals surface area contributed by atoms with Gasteiger partial charge in [0.1, 0.15) is 11.7 Å². The van der Waals surface area contributed by atoms with Gasteiger partial charge in [0, 0.05) is 18.7 Å². The molecule has 0 radical (unpaired) electrons. The number of benzene rings is 2. The molecule has 0 amide bonds. The number of rotatable bonds is 2. The summed E-state index contributed by atoms with van der Waals surface area (Å²) in [6, 6.07) is 14.0. The van der Waals surface area contributed by atoms with Gasteiger partial charge < -0.3 is 4.90 Å². The van der Waals surface area contributed by atoms with Crippen molar-refractivity contribution in [3.63, 3.8) is 0 Å². The van der Waals surface area contributed by atoms with Gasteiger partial charge in [0.25, 0.3) is 0 Å². The zero-order valence-electron chi connectivity index (χ0n) is 10.7. The third-order valence-corrected chi connectivity index (χ3v) is 3.46. The van der Waals surface area contributed by atoms with Crippen molar-refractivity contribution in [1.82, 2.24) is 4.90 Å². The monoisotopic (exact) mass is 265 g/mol. The summed E-state index contributed by atoms with van der Waals surface area (Å²) >= 11 is 0. The summed E-state index contributed by atoms with van der Waals surface area (Å²) in [7, 11) is 0. The van der Waals surface area contributed by atoms with Crippen LogP contribution >= 0.6 is 0 Å². The molecule has 0 saturated carbocycles. The number of hydrogen-bond donors (Lipinski definition) is 1. The highest BCUT2D eigenvalue weighted by Crippen LogP contribution is 2.25. The zero-order chi connectivity index (χ0) is 14.1. The molecule has 2 aromatic carbocycles. The van der Waals surface area contributed by atoms with Gasteiger partial charge in [0.05, 0.1) is 11.6 Å². The lowest BCUT2D eigenvalue weighted by Gasteiger charge is -2.17. The number of nitrogens with one attached hydrogen (secondary N) is 1. The first-order chi connectivity index (χ1) is 9.67. The van der Waals surface area contributed by atoms with Gasteiger partial charge in [-0.15, -0.1) is 0 Å². The molecule has 0 aliphatic carbocycles. The van der Waals surface area contributed by atoms with E-state index in [0.717, 1.165) is 11.1 Å². The summed E-state index contributed by atoms with van der Waals surface area (Å²) in [5, 5.41) is 16.9. The number of nitrogens with zero attached hydrogens (tertiary/aromatic N) is 2. The van der Waals surface area contributed by atoms with Crippen molar-refractivity contribution < 1.29 is 4.39 Å². The van der Waals surface area contributed by atoms with Gasteiger partial charge in [-0.1, -0.05) is 18.2 Å². The standard InChI is InChI=1S/C16H12FN3/c17-14-6-5-13-10-20(16(19)15(13)7-14)9-12-3-1-11(8-18)2-4-12/h1-7,19H,9-10H2. The van der Waals surface area contributed by atoms with E-state index in [9.17, 15) is 4.39 Å². The Bertz CT molecular complexity index is 713. The summed E-state index contributed by atoms with van der Waals surface area (Å²) in [5.41, 5.74) is 3.29. The first kappa shape index (κ1) is 12.4. The van der Waals surface area contributed by atoms with E-state index < -0.39 is 0 Å². The molecule has 20 heavy (non-hydrogen) atoms. The molecule has 1 N–H and O–H groups in total. The van der Waals surface area contributed by atoms with Crippen molar-refractivity contribution in [1.29, 1.82) is 10.7 Å². The van der Waals surface area contributed by atoms with Crippen molar-refractivity contribution in [3.8, 4) is 6.07 Å². The molecule has 2 aromatic rings. The Balaban J connectivity index is 1.80. The Morgan fingerprint density at radius 3 is 2.65 bits per heavy atom. The lowest BCUT2D eigenvalue weighted by atomic mass is 10.1. The van der Waals surface area contributed by atoms with Crippen molar-refractivity contribution in [2.75, 3.05) is 0 Å². The number of hydrogen-bond acceptors (Lipinski definition) is 2. The Morgan fingerprint density at radius 2 is 1.95 bits per heavy atom. The van der Waals surface area contributed by atoms with E-state index in [1.54, 1.807) is 18.2 Å². The summed E-state index contributed by atoms with van der Waals surface area (Å²) in [5.74, 6) is 0.0394. The summed E-state index contributed by atoms with van der Waals surface area (Å²) < 4.78 is 13.2. The lowest BCUT2D eigenvalue weighted by Crippen LogP contribution is -2.23. The van der Waals surface area contributed by atoms with E-state index in [0.29, 0.717) is 30.1 Å². The molecule has 1 heterocycles. The maximum Gasteiger partial charge on any atom is 0.129 e. The summed E-state index contributed by atoms with van der Waals surface area (Å²) in [6.07, 6.45) is 0. The predicted molar refractivity (Wildman–Crippen MR) is 73.6 cm³/mol. The van der Waals surface area contributed by atoms with Gasteiger partial charge in [0.15, 0.2) is 0 Å². The Morgan fingerprint density at radius 1 is 1.20 bits per heavy atom. The second-order valence-corrected chi connectivity index (χ2v) is 4.81. The van der Waals surface area contributed by atoms with E-state index in [1.165, 1.54) is 12.1 Å². The van der Waals surface area contributed by atoms with Gasteiger partial charge in [-0.25, -0.2) is 4.39 Å². The van der Waals surface area contributed by atoms with E-state index >= 15 is 0 Å². The first-order valence-corrected chi connectivity index (χ1v) is 6.29. The maximum absolute atomic E-state index is 13.2. The fourth-order valence-corrected chi connectivity index (χ4v) is 2.40. The van der Waals surface area contributed by atoms with Gasteiger partial charge >= 0.3 is 0 Å². The normalized spacial score (nSPS) is 13.2. The number of amidine groups is 1. The third-order valence-electron chi connectivity index (χ3n) is 3.46. The third kappa shape index (κ3) is 2.14. The Hall–Kier alpha value is -2.67. The molecular weight excluding hydrogens is 253 g/mol. The van der Waals surface area contributed by atoms with Gasteiger partial charge in [-0.05, 0) is 35.4 Å². The average Bonchev–Trinajstić information content (AvgIpc) is 2.76. The summed E-state index contributed by atoms with van der Waals surface area (Å²) in [6.45, 7) is 1.20. The molecular formula is C16H12FN3. The maximum atomic E-state index is 13.2. The fraction of sp³-hybridized carbons (Fsp3) is 0.125. The predicted octanol–water partition coefficient (Wildman–Crippen LogP) is 3.04. The van der Waals surface area contributed by atoms with Crippen molar-refractivity contribution >= 4 is 5.84 Å². The average molecular weight is 265 g/mol. The zero-order valence-corrected chi connectivity index (χ0v) is 10.7. The van der Waals surface area contributed by atoms with E-state index in [-0.39, 0.29) is 5.82 Å². The molecule has 4 heteroatoms. The molecule has 3 rings (SSSR count). The van der Waals surface area contributed by atoms with E-state index in [2.05, 4.69) is 6.07 Å². The number of fused-ring (bicyclic) bond motifs is 1. The van der Waals surface area contributed by atoms with Crippen LogP contribution in [0.1, 0.15) is 22.3 Å². The van der Waals surface area contributed by atoms with Crippen LogP contribution in [0.4, 0.5) is 4.39 Å². The Kier molecular flexibility index (Phi) is 2.96. The number of halogens is 1. The van der Waals surface area contributed by atoms with Crippen LogP contribution < -0.4 is 0 Å². The SMILES string of the molecule is N#Cc1ccc(CN2Cc3ccc(F)cc3C2=N)cc1. The van der Waals surface area contributed by atoms with Gasteiger partial charge in [-0.3, -0.25) is 5.41 Å². The van der Waals surface area contributed by atoms with Crippen LogP contribution in [0.25, 0.3) is 0 Å². The highest BCUT2D eigenvalue weighted by molar-refractivity contribution is 6.00. The first-order valence-electron chi connectivity index (χ1n) is 6.29. The van der Waals surface area contributed by atoms with Crippen molar-refractivity contribution in [2.24, 2.45) is 0 Å². The molecule has 0 aromatic heterocycles. The molecule has 1 aliphatic heterocycles. The minimum absolute atomic E-state index is 0.311. The largest absolute Gasteiger partial charge is 0.348 e. The van der Waals surface area contributed by atoms with E-state index in [1.807, 2.05) is 17.0 Å². The van der Waals surface area contributed by atoms with E-state index in [4.69, 9.17) is 10.7 Å².